The van der Waals surface area contributed by atoms with Crippen molar-refractivity contribution in [3.63, 3.8) is 0 Å². The molecule has 136 valence electrons. The molecule has 0 bridgehead atoms. The topological polar surface area (TPSA) is 69.4 Å². The van der Waals surface area contributed by atoms with Crippen molar-refractivity contribution in [3.05, 3.63) is 76.1 Å². The van der Waals surface area contributed by atoms with Gasteiger partial charge in [-0.1, -0.05) is 23.8 Å². The summed E-state index contributed by atoms with van der Waals surface area (Å²) in [6, 6.07) is 11.1. The van der Waals surface area contributed by atoms with Crippen LogP contribution in [0, 0.1) is 5.82 Å². The molecular formula is C20H20FNO3S. The third-order valence-electron chi connectivity index (χ3n) is 4.39. The number of hydrogen-bond acceptors (Lipinski definition) is 3. The third-order valence-corrected chi connectivity index (χ3v) is 5.32. The van der Waals surface area contributed by atoms with Gasteiger partial charge in [0.25, 0.3) is 0 Å². The Morgan fingerprint density at radius 1 is 1.23 bits per heavy atom. The molecule has 3 rings (SSSR count). The van der Waals surface area contributed by atoms with Crippen LogP contribution in [-0.4, -0.2) is 22.1 Å². The van der Waals surface area contributed by atoms with Crippen molar-refractivity contribution >= 4 is 21.7 Å². The Bertz CT molecular complexity index is 1010. The van der Waals surface area contributed by atoms with Crippen LogP contribution in [0.1, 0.15) is 23.6 Å². The number of benzene rings is 2. The summed E-state index contributed by atoms with van der Waals surface area (Å²) in [6.45, 7) is 2.39. The van der Waals surface area contributed by atoms with E-state index in [9.17, 15) is 12.8 Å². The van der Waals surface area contributed by atoms with Crippen LogP contribution >= 0.6 is 0 Å². The van der Waals surface area contributed by atoms with Gasteiger partial charge in [-0.15, -0.1) is 0 Å². The maximum atomic E-state index is 13.8. The normalized spacial score (nSPS) is 14.7. The van der Waals surface area contributed by atoms with Gasteiger partial charge in [-0.3, -0.25) is 0 Å². The fraction of sp³-hybridized carbons (Fsp3) is 0.200. The number of allylic oxidation sites excluding steroid dienone is 1. The van der Waals surface area contributed by atoms with Crippen molar-refractivity contribution in [2.24, 2.45) is 5.14 Å². The Morgan fingerprint density at radius 2 is 1.92 bits per heavy atom. The molecule has 0 aromatic heterocycles. The van der Waals surface area contributed by atoms with Crippen molar-refractivity contribution < 1.29 is 17.5 Å². The Hall–Kier alpha value is -2.28. The van der Waals surface area contributed by atoms with Gasteiger partial charge >= 0.3 is 0 Å². The van der Waals surface area contributed by atoms with Gasteiger partial charge in [0.2, 0.25) is 10.0 Å². The number of sulfonamides is 1. The van der Waals surface area contributed by atoms with Gasteiger partial charge in [0.1, 0.15) is 5.82 Å². The minimum atomic E-state index is -3.72. The standard InChI is InChI=1S/C20H20FNO3S/c1-13-9-15-5-6-17(21)11-19(15)20(13)16(12-25-2)10-14-3-7-18(8-4-14)26(22,23)24/h3-8,10-11H,9,12H2,1-2H3,(H2,22,23,24)/b16-10+. The number of halogens is 1. The van der Waals surface area contributed by atoms with Crippen LogP contribution in [0.25, 0.3) is 11.6 Å². The zero-order valence-corrected chi connectivity index (χ0v) is 15.4. The van der Waals surface area contributed by atoms with Gasteiger partial charge in [-0.05, 0) is 71.5 Å². The van der Waals surface area contributed by atoms with E-state index in [1.54, 1.807) is 25.3 Å². The number of ether oxygens (including phenoxy) is 1. The highest BCUT2D eigenvalue weighted by atomic mass is 32.2. The van der Waals surface area contributed by atoms with Crippen LogP contribution in [-0.2, 0) is 21.2 Å². The first-order chi connectivity index (χ1) is 12.3. The Morgan fingerprint density at radius 3 is 2.54 bits per heavy atom. The molecule has 1 aliphatic carbocycles. The van der Waals surface area contributed by atoms with E-state index in [4.69, 9.17) is 9.88 Å². The first-order valence-corrected chi connectivity index (χ1v) is 9.65. The molecule has 0 atom stereocenters. The molecule has 6 heteroatoms. The first-order valence-electron chi connectivity index (χ1n) is 8.11. The fourth-order valence-corrected chi connectivity index (χ4v) is 3.80. The maximum Gasteiger partial charge on any atom is 0.238 e. The molecule has 0 amide bonds. The lowest BCUT2D eigenvalue weighted by molar-refractivity contribution is 0.229. The van der Waals surface area contributed by atoms with E-state index < -0.39 is 10.0 Å². The molecule has 0 heterocycles. The molecule has 0 radical (unpaired) electrons. The second-order valence-corrected chi connectivity index (χ2v) is 7.91. The smallest absolute Gasteiger partial charge is 0.238 e. The number of rotatable bonds is 5. The van der Waals surface area contributed by atoms with E-state index in [0.29, 0.717) is 6.61 Å². The lowest BCUT2D eigenvalue weighted by atomic mass is 9.96. The molecule has 0 saturated carbocycles. The molecule has 0 aliphatic heterocycles. The van der Waals surface area contributed by atoms with Crippen molar-refractivity contribution in [3.8, 4) is 0 Å². The van der Waals surface area contributed by atoms with E-state index in [2.05, 4.69) is 0 Å². The molecule has 1 aliphatic rings. The summed E-state index contributed by atoms with van der Waals surface area (Å²) < 4.78 is 41.9. The number of methoxy groups -OCH3 is 1. The van der Waals surface area contributed by atoms with Crippen LogP contribution in [0.15, 0.2) is 58.5 Å². The molecule has 2 aromatic rings. The Kier molecular flexibility index (Phi) is 5.09. The Labute approximate surface area is 152 Å². The predicted octanol–water partition coefficient (Wildman–Crippen LogP) is 3.53. The second-order valence-electron chi connectivity index (χ2n) is 6.35. The number of nitrogens with two attached hydrogens (primary N) is 1. The summed E-state index contributed by atoms with van der Waals surface area (Å²) in [7, 11) is -2.12. The van der Waals surface area contributed by atoms with Crippen LogP contribution < -0.4 is 5.14 Å². The molecule has 2 N–H and O–H groups in total. The summed E-state index contributed by atoms with van der Waals surface area (Å²) in [5.41, 5.74) is 5.83. The van der Waals surface area contributed by atoms with Crippen molar-refractivity contribution in [2.45, 2.75) is 18.2 Å². The van der Waals surface area contributed by atoms with Crippen LogP contribution in [0.4, 0.5) is 4.39 Å². The van der Waals surface area contributed by atoms with Gasteiger partial charge in [-0.2, -0.15) is 0 Å². The maximum absolute atomic E-state index is 13.8. The molecule has 2 aromatic carbocycles. The van der Waals surface area contributed by atoms with Crippen molar-refractivity contribution in [1.29, 1.82) is 0 Å². The summed E-state index contributed by atoms with van der Waals surface area (Å²) in [5.74, 6) is -0.273. The van der Waals surface area contributed by atoms with Crippen LogP contribution in [0.2, 0.25) is 0 Å². The molecular weight excluding hydrogens is 353 g/mol. The minimum absolute atomic E-state index is 0.0617. The van der Waals surface area contributed by atoms with Crippen LogP contribution in [0.3, 0.4) is 0 Å². The summed E-state index contributed by atoms with van der Waals surface area (Å²) in [6.07, 6.45) is 2.70. The number of fused-ring (bicyclic) bond motifs is 1. The molecule has 0 unspecified atom stereocenters. The Balaban J connectivity index is 2.04. The van der Waals surface area contributed by atoms with Crippen molar-refractivity contribution in [1.82, 2.24) is 0 Å². The molecule has 0 spiro atoms. The third kappa shape index (κ3) is 3.77. The van der Waals surface area contributed by atoms with Gasteiger partial charge in [0.05, 0.1) is 11.5 Å². The highest BCUT2D eigenvalue weighted by Crippen LogP contribution is 2.38. The molecule has 0 fully saturated rings. The number of primary sulfonamides is 1. The predicted molar refractivity (Wildman–Crippen MR) is 100 cm³/mol. The second kappa shape index (κ2) is 7.15. The van der Waals surface area contributed by atoms with E-state index in [-0.39, 0.29) is 10.7 Å². The highest BCUT2D eigenvalue weighted by Gasteiger charge is 2.22. The van der Waals surface area contributed by atoms with E-state index in [1.807, 2.05) is 19.1 Å². The van der Waals surface area contributed by atoms with Crippen molar-refractivity contribution in [2.75, 3.05) is 13.7 Å². The molecule has 0 saturated heterocycles. The first kappa shape index (κ1) is 18.5. The summed E-state index contributed by atoms with van der Waals surface area (Å²) >= 11 is 0. The van der Waals surface area contributed by atoms with Gasteiger partial charge in [0, 0.05) is 7.11 Å². The lowest BCUT2D eigenvalue weighted by Crippen LogP contribution is -2.11. The minimum Gasteiger partial charge on any atom is -0.380 e. The molecule has 26 heavy (non-hydrogen) atoms. The highest BCUT2D eigenvalue weighted by molar-refractivity contribution is 7.89. The fourth-order valence-electron chi connectivity index (χ4n) is 3.28. The quantitative estimate of drug-likeness (QED) is 0.872. The molecule has 4 nitrogen and oxygen atoms in total. The number of hydrogen-bond donors (Lipinski definition) is 1. The summed E-state index contributed by atoms with van der Waals surface area (Å²) in [5, 5.41) is 5.13. The average molecular weight is 373 g/mol. The van der Waals surface area contributed by atoms with Gasteiger partial charge in [0.15, 0.2) is 0 Å². The average Bonchev–Trinajstić information content (AvgIpc) is 2.89. The van der Waals surface area contributed by atoms with Crippen LogP contribution in [0.5, 0.6) is 0 Å². The van der Waals surface area contributed by atoms with Gasteiger partial charge in [-0.25, -0.2) is 17.9 Å². The van der Waals surface area contributed by atoms with E-state index in [1.165, 1.54) is 18.2 Å². The zero-order chi connectivity index (χ0) is 18.9. The SMILES string of the molecule is COC/C(=C\c1ccc(S(N)(=O)=O)cc1)C1=C(C)Cc2ccc(F)cc21. The largest absolute Gasteiger partial charge is 0.380 e. The zero-order valence-electron chi connectivity index (χ0n) is 14.6. The summed E-state index contributed by atoms with van der Waals surface area (Å²) in [4.78, 5) is 0.0617. The van der Waals surface area contributed by atoms with Gasteiger partial charge < -0.3 is 4.74 Å². The lowest BCUT2D eigenvalue weighted by Gasteiger charge is -2.12. The monoisotopic (exact) mass is 373 g/mol. The van der Waals surface area contributed by atoms with E-state index in [0.717, 1.165) is 39.8 Å². The van der Waals surface area contributed by atoms with E-state index >= 15 is 0 Å².